The van der Waals surface area contributed by atoms with Gasteiger partial charge in [0, 0.05) is 11.6 Å². The van der Waals surface area contributed by atoms with Crippen LogP contribution in [0.25, 0.3) is 10.9 Å². The SMILES string of the molecule is Cc1ccc(S(=O)(=O)n2ccc3c(OCCO)cccc32)cc1. The average molecular weight is 331 g/mol. The van der Waals surface area contributed by atoms with Crippen LogP contribution in [-0.2, 0) is 10.0 Å². The van der Waals surface area contributed by atoms with Crippen LogP contribution in [0.15, 0.2) is 59.6 Å². The zero-order valence-corrected chi connectivity index (χ0v) is 13.5. The fourth-order valence-electron chi connectivity index (χ4n) is 2.43. The van der Waals surface area contributed by atoms with E-state index in [0.717, 1.165) is 5.56 Å². The molecule has 5 nitrogen and oxygen atoms in total. The molecule has 1 heterocycles. The molecule has 0 aliphatic carbocycles. The Kier molecular flexibility index (Phi) is 4.11. The topological polar surface area (TPSA) is 68.5 Å². The zero-order valence-electron chi connectivity index (χ0n) is 12.6. The number of rotatable bonds is 5. The van der Waals surface area contributed by atoms with E-state index in [-0.39, 0.29) is 18.1 Å². The second-order valence-electron chi connectivity index (χ2n) is 5.19. The van der Waals surface area contributed by atoms with E-state index in [2.05, 4.69) is 0 Å². The molecule has 0 spiro atoms. The zero-order chi connectivity index (χ0) is 16.4. The normalized spacial score (nSPS) is 11.7. The lowest BCUT2D eigenvalue weighted by atomic mass is 10.2. The highest BCUT2D eigenvalue weighted by molar-refractivity contribution is 7.90. The van der Waals surface area contributed by atoms with Crippen LogP contribution in [0.5, 0.6) is 5.75 Å². The predicted octanol–water partition coefficient (Wildman–Crippen LogP) is 2.56. The molecule has 120 valence electrons. The average Bonchev–Trinajstić information content (AvgIpc) is 2.98. The number of hydrogen-bond donors (Lipinski definition) is 1. The molecular weight excluding hydrogens is 314 g/mol. The van der Waals surface area contributed by atoms with Crippen LogP contribution in [0, 0.1) is 6.92 Å². The Bertz CT molecular complexity index is 927. The molecule has 3 aromatic rings. The monoisotopic (exact) mass is 331 g/mol. The molecule has 2 aromatic carbocycles. The van der Waals surface area contributed by atoms with Crippen LogP contribution < -0.4 is 4.74 Å². The van der Waals surface area contributed by atoms with Crippen molar-refractivity contribution in [3.8, 4) is 5.75 Å². The van der Waals surface area contributed by atoms with Gasteiger partial charge in [0.2, 0.25) is 0 Å². The van der Waals surface area contributed by atoms with Gasteiger partial charge in [-0.1, -0.05) is 23.8 Å². The van der Waals surface area contributed by atoms with Gasteiger partial charge in [0.15, 0.2) is 0 Å². The van der Waals surface area contributed by atoms with Gasteiger partial charge in [-0.3, -0.25) is 0 Å². The molecule has 0 fully saturated rings. The maximum atomic E-state index is 12.8. The van der Waals surface area contributed by atoms with E-state index in [1.165, 1.54) is 10.2 Å². The van der Waals surface area contributed by atoms with Crippen molar-refractivity contribution in [2.45, 2.75) is 11.8 Å². The molecule has 0 radical (unpaired) electrons. The molecule has 0 aliphatic heterocycles. The fourth-order valence-corrected chi connectivity index (χ4v) is 3.78. The lowest BCUT2D eigenvalue weighted by molar-refractivity contribution is 0.203. The fraction of sp³-hybridized carbons (Fsp3) is 0.176. The number of hydrogen-bond acceptors (Lipinski definition) is 4. The van der Waals surface area contributed by atoms with E-state index in [1.54, 1.807) is 48.5 Å². The summed E-state index contributed by atoms with van der Waals surface area (Å²) in [6, 6.07) is 13.7. The molecule has 3 rings (SSSR count). The molecule has 0 saturated heterocycles. The largest absolute Gasteiger partial charge is 0.490 e. The number of benzene rings is 2. The van der Waals surface area contributed by atoms with Gasteiger partial charge >= 0.3 is 0 Å². The van der Waals surface area contributed by atoms with Crippen molar-refractivity contribution in [1.29, 1.82) is 0 Å². The maximum absolute atomic E-state index is 12.8. The highest BCUT2D eigenvalue weighted by atomic mass is 32.2. The Morgan fingerprint density at radius 2 is 1.83 bits per heavy atom. The Morgan fingerprint density at radius 1 is 1.09 bits per heavy atom. The number of aryl methyl sites for hydroxylation is 1. The van der Waals surface area contributed by atoms with E-state index in [4.69, 9.17) is 9.84 Å². The second kappa shape index (κ2) is 6.06. The number of aliphatic hydroxyl groups excluding tert-OH is 1. The van der Waals surface area contributed by atoms with Gasteiger partial charge in [-0.05, 0) is 37.3 Å². The van der Waals surface area contributed by atoms with Crippen LogP contribution >= 0.6 is 0 Å². The smallest absolute Gasteiger partial charge is 0.268 e. The summed E-state index contributed by atoms with van der Waals surface area (Å²) in [5.74, 6) is 0.550. The Balaban J connectivity index is 2.11. The van der Waals surface area contributed by atoms with Gasteiger partial charge in [0.25, 0.3) is 10.0 Å². The third kappa shape index (κ3) is 2.83. The predicted molar refractivity (Wildman–Crippen MR) is 88.3 cm³/mol. The summed E-state index contributed by atoms with van der Waals surface area (Å²) in [7, 11) is -3.66. The van der Waals surface area contributed by atoms with Crippen LogP contribution in [-0.4, -0.2) is 30.7 Å². The van der Waals surface area contributed by atoms with E-state index in [0.29, 0.717) is 16.7 Å². The van der Waals surface area contributed by atoms with Crippen LogP contribution in [0.4, 0.5) is 0 Å². The van der Waals surface area contributed by atoms with E-state index < -0.39 is 10.0 Å². The minimum Gasteiger partial charge on any atom is -0.490 e. The standard InChI is InChI=1S/C17H17NO4S/c1-13-5-7-14(8-6-13)23(20,21)18-10-9-15-16(18)3-2-4-17(15)22-12-11-19/h2-10,19H,11-12H2,1H3. The number of nitrogens with zero attached hydrogens (tertiary/aromatic N) is 1. The highest BCUT2D eigenvalue weighted by Crippen LogP contribution is 2.29. The first-order valence-corrected chi connectivity index (χ1v) is 8.64. The second-order valence-corrected chi connectivity index (χ2v) is 7.01. The molecule has 23 heavy (non-hydrogen) atoms. The van der Waals surface area contributed by atoms with Gasteiger partial charge in [-0.15, -0.1) is 0 Å². The van der Waals surface area contributed by atoms with Crippen LogP contribution in [0.1, 0.15) is 5.56 Å². The quantitative estimate of drug-likeness (QED) is 0.780. The van der Waals surface area contributed by atoms with Gasteiger partial charge in [-0.25, -0.2) is 12.4 Å². The molecule has 0 atom stereocenters. The third-order valence-corrected chi connectivity index (χ3v) is 5.29. The molecule has 0 amide bonds. The summed E-state index contributed by atoms with van der Waals surface area (Å²) in [6.45, 7) is 1.97. The molecule has 0 unspecified atom stereocenters. The van der Waals surface area contributed by atoms with Crippen molar-refractivity contribution in [2.75, 3.05) is 13.2 Å². The van der Waals surface area contributed by atoms with E-state index >= 15 is 0 Å². The first-order chi connectivity index (χ1) is 11.0. The number of fused-ring (bicyclic) bond motifs is 1. The molecule has 0 saturated carbocycles. The van der Waals surface area contributed by atoms with E-state index in [9.17, 15) is 8.42 Å². The van der Waals surface area contributed by atoms with Crippen molar-refractivity contribution >= 4 is 20.9 Å². The Hall–Kier alpha value is -2.31. The summed E-state index contributed by atoms with van der Waals surface area (Å²) >= 11 is 0. The summed E-state index contributed by atoms with van der Waals surface area (Å²) in [5, 5.41) is 9.57. The highest BCUT2D eigenvalue weighted by Gasteiger charge is 2.19. The number of aromatic nitrogens is 1. The number of ether oxygens (including phenoxy) is 1. The molecule has 6 heteroatoms. The molecule has 1 N–H and O–H groups in total. The first-order valence-electron chi connectivity index (χ1n) is 7.20. The Labute approximate surface area is 134 Å². The van der Waals surface area contributed by atoms with Gasteiger partial charge in [0.05, 0.1) is 17.0 Å². The van der Waals surface area contributed by atoms with Crippen molar-refractivity contribution in [3.05, 3.63) is 60.3 Å². The third-order valence-electron chi connectivity index (χ3n) is 3.58. The van der Waals surface area contributed by atoms with Crippen LogP contribution in [0.2, 0.25) is 0 Å². The summed E-state index contributed by atoms with van der Waals surface area (Å²) in [4.78, 5) is 0.238. The van der Waals surface area contributed by atoms with Gasteiger partial charge in [-0.2, -0.15) is 0 Å². The van der Waals surface area contributed by atoms with Crippen molar-refractivity contribution in [1.82, 2.24) is 3.97 Å². The lowest BCUT2D eigenvalue weighted by Crippen LogP contribution is -2.11. The maximum Gasteiger partial charge on any atom is 0.268 e. The van der Waals surface area contributed by atoms with Crippen molar-refractivity contribution < 1.29 is 18.3 Å². The van der Waals surface area contributed by atoms with Crippen LogP contribution in [0.3, 0.4) is 0 Å². The summed E-state index contributed by atoms with van der Waals surface area (Å²) in [5.41, 5.74) is 1.54. The van der Waals surface area contributed by atoms with Gasteiger partial charge in [0.1, 0.15) is 12.4 Å². The Morgan fingerprint density at radius 3 is 2.52 bits per heavy atom. The minimum atomic E-state index is -3.66. The first kappa shape index (κ1) is 15.6. The van der Waals surface area contributed by atoms with E-state index in [1.807, 2.05) is 6.92 Å². The summed E-state index contributed by atoms with van der Waals surface area (Å²) in [6.07, 6.45) is 1.52. The van der Waals surface area contributed by atoms with Crippen molar-refractivity contribution in [3.63, 3.8) is 0 Å². The molecule has 0 bridgehead atoms. The van der Waals surface area contributed by atoms with Gasteiger partial charge < -0.3 is 9.84 Å². The summed E-state index contributed by atoms with van der Waals surface area (Å²) < 4.78 is 32.4. The minimum absolute atomic E-state index is 0.0985. The molecule has 0 aliphatic rings. The van der Waals surface area contributed by atoms with Crippen molar-refractivity contribution in [2.24, 2.45) is 0 Å². The molecular formula is C17H17NO4S. The number of aliphatic hydroxyl groups is 1. The lowest BCUT2D eigenvalue weighted by Gasteiger charge is -2.09. The molecule has 1 aromatic heterocycles.